The summed E-state index contributed by atoms with van der Waals surface area (Å²) in [6.45, 7) is 3.05. The van der Waals surface area contributed by atoms with E-state index in [1.165, 1.54) is 19.3 Å². The van der Waals surface area contributed by atoms with Crippen molar-refractivity contribution in [3.05, 3.63) is 0 Å². The predicted octanol–water partition coefficient (Wildman–Crippen LogP) is 1.88. The fourth-order valence-corrected chi connectivity index (χ4v) is 2.91. The van der Waals surface area contributed by atoms with Crippen molar-refractivity contribution in [2.45, 2.75) is 63.5 Å². The number of β-amino-alcohol motifs (C(OH)–C–C–N with tert-alkyl or cyclic N) is 1. The highest BCUT2D eigenvalue weighted by molar-refractivity contribution is 5.74. The fourth-order valence-electron chi connectivity index (χ4n) is 2.91. The lowest BCUT2D eigenvalue weighted by atomic mass is 9.94. The zero-order valence-corrected chi connectivity index (χ0v) is 10.7. The molecule has 0 spiro atoms. The van der Waals surface area contributed by atoms with Crippen LogP contribution in [0.4, 0.5) is 4.79 Å². The van der Waals surface area contributed by atoms with Crippen LogP contribution >= 0.6 is 0 Å². The van der Waals surface area contributed by atoms with Crippen molar-refractivity contribution in [3.8, 4) is 0 Å². The maximum Gasteiger partial charge on any atom is 0.317 e. The summed E-state index contributed by atoms with van der Waals surface area (Å²) < 4.78 is 0. The van der Waals surface area contributed by atoms with Crippen molar-refractivity contribution in [3.63, 3.8) is 0 Å². The number of aliphatic hydroxyl groups is 1. The summed E-state index contributed by atoms with van der Waals surface area (Å²) in [5, 5.41) is 13.1. The van der Waals surface area contributed by atoms with E-state index in [2.05, 4.69) is 5.32 Å². The molecule has 0 radical (unpaired) electrons. The number of hydrogen-bond acceptors (Lipinski definition) is 2. The van der Waals surface area contributed by atoms with Gasteiger partial charge in [0.1, 0.15) is 0 Å². The van der Waals surface area contributed by atoms with Gasteiger partial charge in [0.05, 0.1) is 12.1 Å². The molecule has 1 aliphatic carbocycles. The van der Waals surface area contributed by atoms with Crippen molar-refractivity contribution < 1.29 is 9.90 Å². The van der Waals surface area contributed by atoms with E-state index < -0.39 is 5.60 Å². The molecule has 2 amide bonds. The van der Waals surface area contributed by atoms with Crippen molar-refractivity contribution in [2.75, 3.05) is 13.1 Å². The lowest BCUT2D eigenvalue weighted by molar-refractivity contribution is -0.00299. The first-order chi connectivity index (χ1) is 8.07. The molecule has 98 valence electrons. The van der Waals surface area contributed by atoms with E-state index in [9.17, 15) is 9.90 Å². The zero-order chi connectivity index (χ0) is 12.3. The highest BCUT2D eigenvalue weighted by atomic mass is 16.3. The van der Waals surface area contributed by atoms with Crippen molar-refractivity contribution >= 4 is 6.03 Å². The Hall–Kier alpha value is -0.770. The summed E-state index contributed by atoms with van der Waals surface area (Å²) in [5.41, 5.74) is -0.706. The van der Waals surface area contributed by atoms with Gasteiger partial charge in [0.2, 0.25) is 0 Å². The molecule has 0 aromatic carbocycles. The Balaban J connectivity index is 1.82. The third-order valence-electron chi connectivity index (χ3n) is 3.89. The number of nitrogens with zero attached hydrogens (tertiary/aromatic N) is 1. The molecule has 0 bridgehead atoms. The summed E-state index contributed by atoms with van der Waals surface area (Å²) in [7, 11) is 0. The third-order valence-corrected chi connectivity index (χ3v) is 3.89. The summed E-state index contributed by atoms with van der Waals surface area (Å²) in [6, 6.07) is 0.361. The number of amides is 2. The maximum atomic E-state index is 12.1. The molecule has 1 aliphatic heterocycles. The normalized spacial score (nSPS) is 31.3. The number of rotatable bonds is 1. The molecular weight excluding hydrogens is 216 g/mol. The van der Waals surface area contributed by atoms with Crippen molar-refractivity contribution in [1.29, 1.82) is 0 Å². The zero-order valence-electron chi connectivity index (χ0n) is 10.7. The molecule has 2 N–H and O–H groups in total. The standard InChI is InChI=1S/C13H24N2O2/c1-13(17)8-5-9-15(10-13)12(16)14-11-6-3-2-4-7-11/h11,17H,2-10H2,1H3,(H,14,16). The van der Waals surface area contributed by atoms with Gasteiger partial charge in [-0.2, -0.15) is 0 Å². The molecule has 2 rings (SSSR count). The van der Waals surface area contributed by atoms with E-state index in [1.54, 1.807) is 4.90 Å². The Morgan fingerprint density at radius 3 is 2.65 bits per heavy atom. The number of urea groups is 1. The molecule has 1 atom stereocenters. The smallest absolute Gasteiger partial charge is 0.317 e. The van der Waals surface area contributed by atoms with Crippen molar-refractivity contribution in [2.24, 2.45) is 0 Å². The van der Waals surface area contributed by atoms with Gasteiger partial charge in [-0.25, -0.2) is 4.79 Å². The van der Waals surface area contributed by atoms with Gasteiger partial charge in [-0.15, -0.1) is 0 Å². The van der Waals surface area contributed by atoms with Gasteiger partial charge in [0, 0.05) is 12.6 Å². The molecule has 4 heteroatoms. The van der Waals surface area contributed by atoms with Gasteiger partial charge >= 0.3 is 6.03 Å². The molecule has 1 heterocycles. The van der Waals surface area contributed by atoms with Gasteiger partial charge in [0.15, 0.2) is 0 Å². The van der Waals surface area contributed by atoms with Crippen LogP contribution in [-0.2, 0) is 0 Å². The van der Waals surface area contributed by atoms with E-state index in [4.69, 9.17) is 0 Å². The Morgan fingerprint density at radius 2 is 2.00 bits per heavy atom. The SMILES string of the molecule is CC1(O)CCCN(C(=O)NC2CCCCC2)C1. The van der Waals surface area contributed by atoms with Gasteiger partial charge in [0.25, 0.3) is 0 Å². The average Bonchev–Trinajstić information content (AvgIpc) is 2.29. The van der Waals surface area contributed by atoms with Crippen LogP contribution in [0.3, 0.4) is 0 Å². The molecule has 1 saturated heterocycles. The average molecular weight is 240 g/mol. The van der Waals surface area contributed by atoms with Crippen LogP contribution in [0.2, 0.25) is 0 Å². The molecular formula is C13H24N2O2. The Kier molecular flexibility index (Phi) is 3.92. The summed E-state index contributed by atoms with van der Waals surface area (Å²) in [5.74, 6) is 0. The third kappa shape index (κ3) is 3.60. The van der Waals surface area contributed by atoms with Crippen LogP contribution < -0.4 is 5.32 Å². The number of hydrogen-bond donors (Lipinski definition) is 2. The van der Waals surface area contributed by atoms with Crippen molar-refractivity contribution in [1.82, 2.24) is 10.2 Å². The molecule has 0 aromatic heterocycles. The first-order valence-corrected chi connectivity index (χ1v) is 6.85. The van der Waals surface area contributed by atoms with Crippen LogP contribution in [0.1, 0.15) is 51.9 Å². The van der Waals surface area contributed by atoms with E-state index >= 15 is 0 Å². The van der Waals surface area contributed by atoms with Crippen LogP contribution in [-0.4, -0.2) is 40.8 Å². The quantitative estimate of drug-likeness (QED) is 0.735. The number of likely N-dealkylation sites (tertiary alicyclic amines) is 1. The van der Waals surface area contributed by atoms with Crippen LogP contribution in [0.15, 0.2) is 0 Å². The Morgan fingerprint density at radius 1 is 1.29 bits per heavy atom. The number of piperidine rings is 1. The lowest BCUT2D eigenvalue weighted by Gasteiger charge is -2.37. The largest absolute Gasteiger partial charge is 0.388 e. The predicted molar refractivity (Wildman–Crippen MR) is 66.8 cm³/mol. The number of carbonyl (C=O) groups is 1. The van der Waals surface area contributed by atoms with Crippen LogP contribution in [0, 0.1) is 0 Å². The minimum atomic E-state index is -0.706. The highest BCUT2D eigenvalue weighted by Crippen LogP contribution is 2.21. The molecule has 1 saturated carbocycles. The van der Waals surface area contributed by atoms with Gasteiger partial charge < -0.3 is 15.3 Å². The van der Waals surface area contributed by atoms with E-state index in [0.717, 1.165) is 32.2 Å². The van der Waals surface area contributed by atoms with Crippen LogP contribution in [0.5, 0.6) is 0 Å². The maximum absolute atomic E-state index is 12.1. The van der Waals surface area contributed by atoms with Crippen LogP contribution in [0.25, 0.3) is 0 Å². The van der Waals surface area contributed by atoms with E-state index in [0.29, 0.717) is 12.6 Å². The minimum absolute atomic E-state index is 0.0110. The molecule has 17 heavy (non-hydrogen) atoms. The second-order valence-electron chi connectivity index (χ2n) is 5.81. The summed E-state index contributed by atoms with van der Waals surface area (Å²) >= 11 is 0. The first kappa shape index (κ1) is 12.7. The van der Waals surface area contributed by atoms with E-state index in [1.807, 2.05) is 6.92 Å². The number of carbonyl (C=O) groups excluding carboxylic acids is 1. The first-order valence-electron chi connectivity index (χ1n) is 6.85. The second-order valence-corrected chi connectivity index (χ2v) is 5.81. The van der Waals surface area contributed by atoms with Gasteiger partial charge in [-0.1, -0.05) is 19.3 Å². The fraction of sp³-hybridized carbons (Fsp3) is 0.923. The molecule has 2 fully saturated rings. The van der Waals surface area contributed by atoms with Gasteiger partial charge in [-0.05, 0) is 32.6 Å². The highest BCUT2D eigenvalue weighted by Gasteiger charge is 2.31. The molecule has 0 aromatic rings. The summed E-state index contributed by atoms with van der Waals surface area (Å²) in [4.78, 5) is 13.8. The second kappa shape index (κ2) is 5.25. The monoisotopic (exact) mass is 240 g/mol. The van der Waals surface area contributed by atoms with Gasteiger partial charge in [-0.3, -0.25) is 0 Å². The lowest BCUT2D eigenvalue weighted by Crippen LogP contribution is -2.53. The molecule has 4 nitrogen and oxygen atoms in total. The Bertz CT molecular complexity index is 273. The Labute approximate surface area is 103 Å². The topological polar surface area (TPSA) is 52.6 Å². The number of nitrogens with one attached hydrogen (secondary N) is 1. The summed E-state index contributed by atoms with van der Waals surface area (Å²) in [6.07, 6.45) is 7.65. The molecule has 2 aliphatic rings. The molecule has 1 unspecified atom stereocenters. The van der Waals surface area contributed by atoms with E-state index in [-0.39, 0.29) is 6.03 Å². The minimum Gasteiger partial charge on any atom is -0.388 e.